The molecule has 1 atom stereocenters. The summed E-state index contributed by atoms with van der Waals surface area (Å²) in [7, 11) is 4.82. The van der Waals surface area contributed by atoms with E-state index < -0.39 is 0 Å². The van der Waals surface area contributed by atoms with Gasteiger partial charge in [-0.2, -0.15) is 0 Å². The van der Waals surface area contributed by atoms with Crippen LogP contribution < -0.4 is 25.3 Å². The topological polar surface area (TPSA) is 65.7 Å². The Balaban J connectivity index is 3.15. The molecule has 0 aliphatic carbocycles. The lowest BCUT2D eigenvalue weighted by atomic mass is 10.0. The predicted molar refractivity (Wildman–Crippen MR) is 80.7 cm³/mol. The fourth-order valence-electron chi connectivity index (χ4n) is 1.94. The van der Waals surface area contributed by atoms with Crippen molar-refractivity contribution in [1.29, 1.82) is 0 Å². The van der Waals surface area contributed by atoms with Crippen LogP contribution in [0.3, 0.4) is 0 Å². The number of hydrogen-bond acceptors (Lipinski definition) is 5. The lowest BCUT2D eigenvalue weighted by molar-refractivity contribution is 0.345. The van der Waals surface area contributed by atoms with Gasteiger partial charge >= 0.3 is 0 Å². The van der Waals surface area contributed by atoms with E-state index in [4.69, 9.17) is 19.9 Å². The summed E-state index contributed by atoms with van der Waals surface area (Å²) < 4.78 is 16.0. The molecule has 5 nitrogen and oxygen atoms in total. The second-order valence-corrected chi connectivity index (χ2v) is 4.58. The normalized spacial score (nSPS) is 11.8. The van der Waals surface area contributed by atoms with Crippen molar-refractivity contribution in [2.45, 2.75) is 13.0 Å². The fraction of sp³-hybridized carbons (Fsp3) is 0.467. The molecular formula is C15H24N2O3. The van der Waals surface area contributed by atoms with Crippen molar-refractivity contribution in [3.8, 4) is 17.2 Å². The molecule has 112 valence electrons. The first-order valence-corrected chi connectivity index (χ1v) is 6.45. The number of rotatable bonds is 8. The van der Waals surface area contributed by atoms with E-state index in [1.54, 1.807) is 27.4 Å². The quantitative estimate of drug-likeness (QED) is 0.712. The molecule has 0 bridgehead atoms. The van der Waals surface area contributed by atoms with Gasteiger partial charge in [0.2, 0.25) is 0 Å². The second kappa shape index (κ2) is 7.77. The largest absolute Gasteiger partial charge is 0.496 e. The summed E-state index contributed by atoms with van der Waals surface area (Å²) in [5, 5.41) is 3.35. The number of benzene rings is 1. The molecule has 20 heavy (non-hydrogen) atoms. The van der Waals surface area contributed by atoms with Crippen molar-refractivity contribution < 1.29 is 14.2 Å². The number of nitrogens with two attached hydrogens (primary N) is 1. The first kappa shape index (κ1) is 16.3. The van der Waals surface area contributed by atoms with Crippen LogP contribution in [-0.4, -0.2) is 34.4 Å². The van der Waals surface area contributed by atoms with E-state index >= 15 is 0 Å². The van der Waals surface area contributed by atoms with Gasteiger partial charge in [-0.05, 0) is 13.0 Å². The highest BCUT2D eigenvalue weighted by Crippen LogP contribution is 2.37. The van der Waals surface area contributed by atoms with E-state index in [1.807, 2.05) is 13.0 Å². The SMILES string of the molecule is C=C(C)CNC(CN)c1cc(OC)c(OC)cc1OC. The zero-order valence-corrected chi connectivity index (χ0v) is 12.7. The number of ether oxygens (including phenoxy) is 3. The van der Waals surface area contributed by atoms with Crippen molar-refractivity contribution in [1.82, 2.24) is 5.32 Å². The molecule has 0 radical (unpaired) electrons. The van der Waals surface area contributed by atoms with Gasteiger partial charge < -0.3 is 25.3 Å². The summed E-state index contributed by atoms with van der Waals surface area (Å²) in [4.78, 5) is 0. The summed E-state index contributed by atoms with van der Waals surface area (Å²) >= 11 is 0. The van der Waals surface area contributed by atoms with E-state index in [9.17, 15) is 0 Å². The lowest BCUT2D eigenvalue weighted by Crippen LogP contribution is -2.29. The number of nitrogens with one attached hydrogen (secondary N) is 1. The van der Waals surface area contributed by atoms with E-state index in [0.29, 0.717) is 30.3 Å². The van der Waals surface area contributed by atoms with Gasteiger partial charge in [-0.1, -0.05) is 12.2 Å². The van der Waals surface area contributed by atoms with Gasteiger partial charge in [0.25, 0.3) is 0 Å². The maximum absolute atomic E-state index is 5.86. The van der Waals surface area contributed by atoms with E-state index in [2.05, 4.69) is 11.9 Å². The summed E-state index contributed by atoms with van der Waals surface area (Å²) in [5.74, 6) is 2.00. The molecule has 0 spiro atoms. The summed E-state index contributed by atoms with van der Waals surface area (Å²) in [5.41, 5.74) is 7.84. The Labute approximate surface area is 120 Å². The molecule has 3 N–H and O–H groups in total. The molecule has 0 amide bonds. The number of hydrogen-bond donors (Lipinski definition) is 2. The molecule has 0 heterocycles. The zero-order chi connectivity index (χ0) is 15.1. The van der Waals surface area contributed by atoms with Gasteiger partial charge in [-0.3, -0.25) is 0 Å². The van der Waals surface area contributed by atoms with Crippen molar-refractivity contribution >= 4 is 0 Å². The number of methoxy groups -OCH3 is 3. The van der Waals surface area contributed by atoms with Gasteiger partial charge in [-0.25, -0.2) is 0 Å². The van der Waals surface area contributed by atoms with E-state index in [0.717, 1.165) is 11.1 Å². The molecule has 1 rings (SSSR count). The minimum absolute atomic E-state index is 0.0403. The molecule has 0 aliphatic heterocycles. The van der Waals surface area contributed by atoms with Gasteiger partial charge in [0, 0.05) is 30.8 Å². The highest BCUT2D eigenvalue weighted by Gasteiger charge is 2.18. The summed E-state index contributed by atoms with van der Waals surface area (Å²) in [6, 6.07) is 3.65. The van der Waals surface area contributed by atoms with E-state index in [-0.39, 0.29) is 6.04 Å². The van der Waals surface area contributed by atoms with Crippen LogP contribution in [0.1, 0.15) is 18.5 Å². The Morgan fingerprint density at radius 3 is 2.15 bits per heavy atom. The third kappa shape index (κ3) is 3.88. The monoisotopic (exact) mass is 280 g/mol. The van der Waals surface area contributed by atoms with Crippen LogP contribution in [0.5, 0.6) is 17.2 Å². The van der Waals surface area contributed by atoms with E-state index in [1.165, 1.54) is 0 Å². The van der Waals surface area contributed by atoms with Gasteiger partial charge in [-0.15, -0.1) is 0 Å². The van der Waals surface area contributed by atoms with Crippen LogP contribution in [0.25, 0.3) is 0 Å². The Morgan fingerprint density at radius 2 is 1.70 bits per heavy atom. The Bertz CT molecular complexity index is 461. The lowest BCUT2D eigenvalue weighted by Gasteiger charge is -2.21. The third-order valence-corrected chi connectivity index (χ3v) is 3.00. The average Bonchev–Trinajstić information content (AvgIpc) is 2.46. The smallest absolute Gasteiger partial charge is 0.164 e. The molecule has 0 fully saturated rings. The first-order valence-electron chi connectivity index (χ1n) is 6.45. The van der Waals surface area contributed by atoms with Gasteiger partial charge in [0.15, 0.2) is 11.5 Å². The van der Waals surface area contributed by atoms with Crippen LogP contribution in [0.2, 0.25) is 0 Å². The molecule has 0 aliphatic rings. The molecule has 0 saturated heterocycles. The zero-order valence-electron chi connectivity index (χ0n) is 12.7. The van der Waals surface area contributed by atoms with Crippen LogP contribution in [0.15, 0.2) is 24.3 Å². The fourth-order valence-corrected chi connectivity index (χ4v) is 1.94. The third-order valence-electron chi connectivity index (χ3n) is 3.00. The first-order chi connectivity index (χ1) is 9.57. The van der Waals surface area contributed by atoms with Crippen LogP contribution in [0, 0.1) is 0 Å². The van der Waals surface area contributed by atoms with Crippen LogP contribution in [0.4, 0.5) is 0 Å². The van der Waals surface area contributed by atoms with Gasteiger partial charge in [0.1, 0.15) is 5.75 Å². The highest BCUT2D eigenvalue weighted by atomic mass is 16.5. The minimum atomic E-state index is -0.0403. The van der Waals surface area contributed by atoms with Crippen molar-refractivity contribution in [3.05, 3.63) is 29.8 Å². The van der Waals surface area contributed by atoms with Crippen LogP contribution in [-0.2, 0) is 0 Å². The maximum atomic E-state index is 5.86. The van der Waals surface area contributed by atoms with Crippen molar-refractivity contribution in [3.63, 3.8) is 0 Å². The molecular weight excluding hydrogens is 256 g/mol. The summed E-state index contributed by atoms with van der Waals surface area (Å²) in [6.07, 6.45) is 0. The predicted octanol–water partition coefficient (Wildman–Crippen LogP) is 1.88. The highest BCUT2D eigenvalue weighted by molar-refractivity contribution is 5.52. The molecule has 1 aromatic carbocycles. The standard InChI is InChI=1S/C15H24N2O3/c1-10(2)9-17-12(8-16)11-6-14(19-4)15(20-5)7-13(11)18-3/h6-7,12,17H,1,8-9,16H2,2-5H3. The van der Waals surface area contributed by atoms with Gasteiger partial charge in [0.05, 0.1) is 21.3 Å². The molecule has 5 heteroatoms. The molecule has 0 aromatic heterocycles. The molecule has 0 saturated carbocycles. The molecule has 1 unspecified atom stereocenters. The maximum Gasteiger partial charge on any atom is 0.164 e. The Morgan fingerprint density at radius 1 is 1.15 bits per heavy atom. The Hall–Kier alpha value is -1.72. The average molecular weight is 280 g/mol. The van der Waals surface area contributed by atoms with Crippen LogP contribution >= 0.6 is 0 Å². The minimum Gasteiger partial charge on any atom is -0.496 e. The van der Waals surface area contributed by atoms with Crippen molar-refractivity contribution in [2.75, 3.05) is 34.4 Å². The summed E-state index contributed by atoms with van der Waals surface area (Å²) in [6.45, 7) is 6.98. The second-order valence-electron chi connectivity index (χ2n) is 4.58. The molecule has 1 aromatic rings. The Kier molecular flexibility index (Phi) is 6.35. The van der Waals surface area contributed by atoms with Crippen molar-refractivity contribution in [2.24, 2.45) is 5.73 Å².